The molecule has 1 aromatic rings. The standard InChI is InChI=1S/C12H13F4NO/c1-2-17(8-12(14,15)16)11(18)7-9-4-3-5-10(13)6-9/h3-6H,2,7-8H2,1H3. The monoisotopic (exact) mass is 263 g/mol. The first kappa shape index (κ1) is 14.5. The highest BCUT2D eigenvalue weighted by molar-refractivity contribution is 5.78. The molecule has 18 heavy (non-hydrogen) atoms. The van der Waals surface area contributed by atoms with Crippen LogP contribution in [0.5, 0.6) is 0 Å². The first-order valence-electron chi connectivity index (χ1n) is 5.41. The van der Waals surface area contributed by atoms with Crippen LogP contribution in [0, 0.1) is 5.82 Å². The number of amides is 1. The van der Waals surface area contributed by atoms with E-state index in [2.05, 4.69) is 0 Å². The first-order chi connectivity index (χ1) is 8.31. The molecule has 6 heteroatoms. The molecule has 2 nitrogen and oxygen atoms in total. The van der Waals surface area contributed by atoms with Crippen LogP contribution in [0.4, 0.5) is 17.6 Å². The fourth-order valence-corrected chi connectivity index (χ4v) is 1.53. The lowest BCUT2D eigenvalue weighted by Crippen LogP contribution is -2.39. The zero-order valence-corrected chi connectivity index (χ0v) is 9.80. The van der Waals surface area contributed by atoms with Gasteiger partial charge in [0.1, 0.15) is 12.4 Å². The number of likely N-dealkylation sites (N-methyl/N-ethyl adjacent to an activating group) is 1. The van der Waals surface area contributed by atoms with Crippen molar-refractivity contribution in [2.24, 2.45) is 0 Å². The molecule has 0 N–H and O–H groups in total. The SMILES string of the molecule is CCN(CC(F)(F)F)C(=O)Cc1cccc(F)c1. The van der Waals surface area contributed by atoms with Gasteiger partial charge in [-0.05, 0) is 24.6 Å². The van der Waals surface area contributed by atoms with Gasteiger partial charge in [-0.3, -0.25) is 4.79 Å². The Morgan fingerprint density at radius 2 is 2.00 bits per heavy atom. The summed E-state index contributed by atoms with van der Waals surface area (Å²) in [6.07, 6.45) is -4.66. The largest absolute Gasteiger partial charge is 0.406 e. The number of benzene rings is 1. The van der Waals surface area contributed by atoms with Crippen LogP contribution in [0.25, 0.3) is 0 Å². The summed E-state index contributed by atoms with van der Waals surface area (Å²) in [5.41, 5.74) is 0.362. The van der Waals surface area contributed by atoms with Crippen LogP contribution in [0.1, 0.15) is 12.5 Å². The van der Waals surface area contributed by atoms with Crippen molar-refractivity contribution in [3.05, 3.63) is 35.6 Å². The molecule has 0 aliphatic rings. The predicted molar refractivity (Wildman–Crippen MR) is 58.4 cm³/mol. The van der Waals surface area contributed by atoms with Gasteiger partial charge in [0, 0.05) is 6.54 Å². The second-order valence-corrected chi connectivity index (χ2v) is 3.83. The maximum atomic E-state index is 12.9. The Bertz CT molecular complexity index is 417. The number of rotatable bonds is 4. The topological polar surface area (TPSA) is 20.3 Å². The lowest BCUT2D eigenvalue weighted by molar-refractivity contribution is -0.160. The Kier molecular flexibility index (Phi) is 4.69. The number of hydrogen-bond donors (Lipinski definition) is 0. The average Bonchev–Trinajstić information content (AvgIpc) is 2.24. The number of alkyl halides is 3. The van der Waals surface area contributed by atoms with Crippen molar-refractivity contribution >= 4 is 5.91 Å². The number of carbonyl (C=O) groups excluding carboxylic acids is 1. The second kappa shape index (κ2) is 5.84. The third-order valence-electron chi connectivity index (χ3n) is 2.35. The zero-order chi connectivity index (χ0) is 13.8. The van der Waals surface area contributed by atoms with Crippen molar-refractivity contribution in [3.63, 3.8) is 0 Å². The lowest BCUT2D eigenvalue weighted by atomic mass is 10.1. The second-order valence-electron chi connectivity index (χ2n) is 3.83. The van der Waals surface area contributed by atoms with Gasteiger partial charge >= 0.3 is 6.18 Å². The van der Waals surface area contributed by atoms with E-state index in [9.17, 15) is 22.4 Å². The Morgan fingerprint density at radius 1 is 1.33 bits per heavy atom. The smallest absolute Gasteiger partial charge is 0.334 e. The van der Waals surface area contributed by atoms with Crippen LogP contribution >= 0.6 is 0 Å². The molecule has 1 aromatic carbocycles. The molecule has 0 fully saturated rings. The molecule has 100 valence electrons. The van der Waals surface area contributed by atoms with Gasteiger partial charge in [0.15, 0.2) is 0 Å². The van der Waals surface area contributed by atoms with E-state index >= 15 is 0 Å². The van der Waals surface area contributed by atoms with E-state index in [0.717, 1.165) is 6.07 Å². The van der Waals surface area contributed by atoms with Gasteiger partial charge in [0.25, 0.3) is 0 Å². The summed E-state index contributed by atoms with van der Waals surface area (Å²) in [5, 5.41) is 0. The van der Waals surface area contributed by atoms with E-state index in [1.807, 2.05) is 0 Å². The summed E-state index contributed by atoms with van der Waals surface area (Å²) in [6, 6.07) is 5.26. The van der Waals surface area contributed by atoms with Crippen LogP contribution in [0.2, 0.25) is 0 Å². The fraction of sp³-hybridized carbons (Fsp3) is 0.417. The minimum atomic E-state index is -4.42. The average molecular weight is 263 g/mol. The molecular formula is C12H13F4NO. The maximum absolute atomic E-state index is 12.9. The molecule has 1 rings (SSSR count). The van der Waals surface area contributed by atoms with E-state index in [-0.39, 0.29) is 13.0 Å². The van der Waals surface area contributed by atoms with E-state index < -0.39 is 24.4 Å². The highest BCUT2D eigenvalue weighted by Crippen LogP contribution is 2.17. The molecule has 0 bridgehead atoms. The van der Waals surface area contributed by atoms with Crippen molar-refractivity contribution in [2.75, 3.05) is 13.1 Å². The zero-order valence-electron chi connectivity index (χ0n) is 9.80. The first-order valence-corrected chi connectivity index (χ1v) is 5.41. The predicted octanol–water partition coefficient (Wildman–Crippen LogP) is 2.78. The molecule has 0 unspecified atom stereocenters. The third-order valence-corrected chi connectivity index (χ3v) is 2.35. The van der Waals surface area contributed by atoms with Crippen molar-refractivity contribution in [1.29, 1.82) is 0 Å². The van der Waals surface area contributed by atoms with Crippen LogP contribution in [0.3, 0.4) is 0 Å². The quantitative estimate of drug-likeness (QED) is 0.765. The highest BCUT2D eigenvalue weighted by atomic mass is 19.4. The normalized spacial score (nSPS) is 11.4. The van der Waals surface area contributed by atoms with E-state index in [1.54, 1.807) is 0 Å². The fourth-order valence-electron chi connectivity index (χ4n) is 1.53. The Labute approximate surface area is 102 Å². The van der Waals surface area contributed by atoms with Crippen molar-refractivity contribution < 1.29 is 22.4 Å². The third kappa shape index (κ3) is 4.73. The summed E-state index contributed by atoms with van der Waals surface area (Å²) in [7, 11) is 0. The van der Waals surface area contributed by atoms with Gasteiger partial charge in [0.05, 0.1) is 6.42 Å². The lowest BCUT2D eigenvalue weighted by Gasteiger charge is -2.22. The molecule has 0 saturated carbocycles. The Morgan fingerprint density at radius 3 is 2.50 bits per heavy atom. The molecule has 0 radical (unpaired) electrons. The summed E-state index contributed by atoms with van der Waals surface area (Å²) in [6.45, 7) is 0.153. The van der Waals surface area contributed by atoms with Crippen LogP contribution in [-0.4, -0.2) is 30.1 Å². The van der Waals surface area contributed by atoms with Gasteiger partial charge < -0.3 is 4.90 Å². The summed E-state index contributed by atoms with van der Waals surface area (Å²) >= 11 is 0. The molecule has 1 amide bonds. The molecule has 0 heterocycles. The molecule has 0 saturated heterocycles. The van der Waals surface area contributed by atoms with Gasteiger partial charge in [-0.25, -0.2) is 4.39 Å². The van der Waals surface area contributed by atoms with Crippen molar-refractivity contribution in [3.8, 4) is 0 Å². The maximum Gasteiger partial charge on any atom is 0.406 e. The van der Waals surface area contributed by atoms with E-state index in [4.69, 9.17) is 0 Å². The Hall–Kier alpha value is -1.59. The molecular weight excluding hydrogens is 250 g/mol. The van der Waals surface area contributed by atoms with E-state index in [0.29, 0.717) is 10.5 Å². The summed E-state index contributed by atoms with van der Waals surface area (Å²) in [4.78, 5) is 12.3. The van der Waals surface area contributed by atoms with Crippen LogP contribution in [0.15, 0.2) is 24.3 Å². The number of carbonyl (C=O) groups is 1. The summed E-state index contributed by atoms with van der Waals surface area (Å²) in [5.74, 6) is -1.18. The minimum Gasteiger partial charge on any atom is -0.334 e. The van der Waals surface area contributed by atoms with Gasteiger partial charge in [-0.2, -0.15) is 13.2 Å². The molecule has 0 atom stereocenters. The van der Waals surface area contributed by atoms with E-state index in [1.165, 1.54) is 25.1 Å². The highest BCUT2D eigenvalue weighted by Gasteiger charge is 2.32. The minimum absolute atomic E-state index is 0.0341. The van der Waals surface area contributed by atoms with Crippen molar-refractivity contribution in [2.45, 2.75) is 19.5 Å². The molecule has 0 aliphatic carbocycles. The molecule has 0 spiro atoms. The van der Waals surface area contributed by atoms with Gasteiger partial charge in [-0.15, -0.1) is 0 Å². The summed E-state index contributed by atoms with van der Waals surface area (Å²) < 4.78 is 49.5. The van der Waals surface area contributed by atoms with Gasteiger partial charge in [0.2, 0.25) is 5.91 Å². The van der Waals surface area contributed by atoms with Crippen LogP contribution in [-0.2, 0) is 11.2 Å². The molecule has 0 aliphatic heterocycles. The number of hydrogen-bond acceptors (Lipinski definition) is 1. The van der Waals surface area contributed by atoms with Crippen molar-refractivity contribution in [1.82, 2.24) is 4.90 Å². The molecule has 0 aromatic heterocycles. The number of halogens is 4. The van der Waals surface area contributed by atoms with Crippen LogP contribution < -0.4 is 0 Å². The number of nitrogens with zero attached hydrogens (tertiary/aromatic N) is 1. The van der Waals surface area contributed by atoms with Gasteiger partial charge in [-0.1, -0.05) is 12.1 Å². The Balaban J connectivity index is 2.68.